The summed E-state index contributed by atoms with van der Waals surface area (Å²) in [4.78, 5) is 7.74. The first-order valence-electron chi connectivity index (χ1n) is 6.75. The summed E-state index contributed by atoms with van der Waals surface area (Å²) in [7, 11) is 0. The molecule has 0 fully saturated rings. The van der Waals surface area contributed by atoms with Crippen LogP contribution in [0.1, 0.15) is 51.9 Å². The molecule has 0 unspecified atom stereocenters. The Hall–Kier alpha value is -0.280. The second kappa shape index (κ2) is 10.6. The predicted molar refractivity (Wildman–Crippen MR) is 85.1 cm³/mol. The number of rotatable bonds is 9. The highest BCUT2D eigenvalue weighted by molar-refractivity contribution is 9.11. The van der Waals surface area contributed by atoms with Crippen molar-refractivity contribution < 1.29 is 0 Å². The third kappa shape index (κ3) is 7.22. The van der Waals surface area contributed by atoms with Crippen molar-refractivity contribution in [2.45, 2.75) is 56.9 Å². The molecule has 3 heteroatoms. The van der Waals surface area contributed by atoms with Gasteiger partial charge in [0.15, 0.2) is 0 Å². The maximum Gasteiger partial charge on any atom is 0.100 e. The first-order valence-corrected chi connectivity index (χ1v) is 8.48. The topological polar surface area (TPSA) is 12.9 Å². The molecular weight excluding hydrogens is 306 g/mol. The van der Waals surface area contributed by atoms with Gasteiger partial charge in [0.1, 0.15) is 5.03 Å². The molecule has 0 aromatic carbocycles. The number of hydrogen-bond donors (Lipinski definition) is 0. The van der Waals surface area contributed by atoms with E-state index in [2.05, 4.69) is 33.9 Å². The summed E-state index contributed by atoms with van der Waals surface area (Å²) in [6, 6.07) is 6.05. The summed E-state index contributed by atoms with van der Waals surface area (Å²) in [6.45, 7) is 2.26. The van der Waals surface area contributed by atoms with E-state index in [1.54, 1.807) is 11.8 Å². The highest BCUT2D eigenvalue weighted by Gasteiger charge is 2.01. The molecule has 0 saturated carbocycles. The lowest BCUT2D eigenvalue weighted by molar-refractivity contribution is 0.610. The number of unbranched alkanes of at least 4 members (excludes halogenated alkanes) is 5. The van der Waals surface area contributed by atoms with Crippen molar-refractivity contribution in [1.29, 1.82) is 0 Å². The summed E-state index contributed by atoms with van der Waals surface area (Å²) in [5, 5.41) is 1.08. The molecule has 100 valence electrons. The summed E-state index contributed by atoms with van der Waals surface area (Å²) in [5.41, 5.74) is 0. The van der Waals surface area contributed by atoms with Crippen molar-refractivity contribution in [2.24, 2.45) is 0 Å². The van der Waals surface area contributed by atoms with Gasteiger partial charge < -0.3 is 0 Å². The molecule has 0 radical (unpaired) electrons. The number of nitrogens with zero attached hydrogens (tertiary/aromatic N) is 1. The molecule has 1 heterocycles. The van der Waals surface area contributed by atoms with Crippen LogP contribution in [0.15, 0.2) is 39.3 Å². The molecule has 18 heavy (non-hydrogen) atoms. The number of thioether (sulfide) groups is 1. The molecule has 1 aromatic rings. The van der Waals surface area contributed by atoms with Crippen LogP contribution in [0.2, 0.25) is 0 Å². The van der Waals surface area contributed by atoms with E-state index in [0.29, 0.717) is 0 Å². The highest BCUT2D eigenvalue weighted by atomic mass is 79.9. The van der Waals surface area contributed by atoms with E-state index in [9.17, 15) is 0 Å². The fraction of sp³-hybridized carbons (Fsp3) is 0.533. The zero-order valence-corrected chi connectivity index (χ0v) is 13.5. The molecular formula is C15H22BrNS. The fourth-order valence-electron chi connectivity index (χ4n) is 1.75. The molecule has 0 spiro atoms. The molecule has 0 atom stereocenters. The van der Waals surface area contributed by atoms with Gasteiger partial charge in [-0.15, -0.1) is 0 Å². The van der Waals surface area contributed by atoms with Crippen molar-refractivity contribution in [3.63, 3.8) is 0 Å². The van der Waals surface area contributed by atoms with Gasteiger partial charge in [-0.05, 0) is 34.9 Å². The van der Waals surface area contributed by atoms with E-state index in [4.69, 9.17) is 0 Å². The lowest BCUT2D eigenvalue weighted by Crippen LogP contribution is -1.83. The SMILES string of the molecule is CCCCCCCC/C(=C/Br)Sc1ccccn1. The molecule has 0 N–H and O–H groups in total. The standard InChI is InChI=1S/C15H22BrNS/c1-2-3-4-5-6-7-10-14(13-16)18-15-11-8-9-12-17-15/h8-9,11-13H,2-7,10H2,1H3/b14-13-. The number of aromatic nitrogens is 1. The average molecular weight is 328 g/mol. The smallest absolute Gasteiger partial charge is 0.100 e. The summed E-state index contributed by atoms with van der Waals surface area (Å²) in [6.07, 6.45) is 11.1. The fourth-order valence-corrected chi connectivity index (χ4v) is 3.08. The molecule has 0 aliphatic rings. The van der Waals surface area contributed by atoms with E-state index in [1.807, 2.05) is 23.3 Å². The minimum atomic E-state index is 1.08. The Labute approximate surface area is 124 Å². The number of hydrogen-bond acceptors (Lipinski definition) is 2. The van der Waals surface area contributed by atoms with Gasteiger partial charge in [0, 0.05) is 6.20 Å². The molecule has 0 bridgehead atoms. The highest BCUT2D eigenvalue weighted by Crippen LogP contribution is 2.29. The van der Waals surface area contributed by atoms with Crippen molar-refractivity contribution in [1.82, 2.24) is 4.98 Å². The number of allylic oxidation sites excluding steroid dienone is 1. The Kier molecular flexibility index (Phi) is 9.31. The van der Waals surface area contributed by atoms with Gasteiger partial charge in [-0.2, -0.15) is 0 Å². The van der Waals surface area contributed by atoms with Crippen LogP contribution in [0.5, 0.6) is 0 Å². The van der Waals surface area contributed by atoms with E-state index < -0.39 is 0 Å². The van der Waals surface area contributed by atoms with Crippen molar-refractivity contribution >= 4 is 27.7 Å². The van der Waals surface area contributed by atoms with Crippen molar-refractivity contribution in [3.05, 3.63) is 34.3 Å². The van der Waals surface area contributed by atoms with Crippen molar-refractivity contribution in [3.8, 4) is 0 Å². The molecule has 1 nitrogen and oxygen atoms in total. The molecule has 0 saturated heterocycles. The predicted octanol–water partition coefficient (Wildman–Crippen LogP) is 6.16. The number of halogens is 1. The first kappa shape index (κ1) is 15.8. The second-order valence-electron chi connectivity index (χ2n) is 4.36. The van der Waals surface area contributed by atoms with Gasteiger partial charge in [-0.1, -0.05) is 72.8 Å². The van der Waals surface area contributed by atoms with Gasteiger partial charge in [-0.3, -0.25) is 0 Å². The maximum atomic E-state index is 4.34. The molecule has 0 amide bonds. The van der Waals surface area contributed by atoms with Crippen LogP contribution in [0.4, 0.5) is 0 Å². The number of pyridine rings is 1. The lowest BCUT2D eigenvalue weighted by atomic mass is 10.1. The van der Waals surface area contributed by atoms with Crippen LogP contribution in [0.25, 0.3) is 0 Å². The third-order valence-corrected chi connectivity index (χ3v) is 4.66. The quantitative estimate of drug-likeness (QED) is 0.398. The van der Waals surface area contributed by atoms with E-state index in [1.165, 1.54) is 43.4 Å². The van der Waals surface area contributed by atoms with Gasteiger partial charge in [0.2, 0.25) is 0 Å². The van der Waals surface area contributed by atoms with Gasteiger partial charge in [-0.25, -0.2) is 4.98 Å². The van der Waals surface area contributed by atoms with E-state index >= 15 is 0 Å². The summed E-state index contributed by atoms with van der Waals surface area (Å²) in [5.74, 6) is 0. The van der Waals surface area contributed by atoms with Gasteiger partial charge >= 0.3 is 0 Å². The van der Waals surface area contributed by atoms with Crippen LogP contribution in [0, 0.1) is 0 Å². The largest absolute Gasteiger partial charge is 0.250 e. The Bertz CT molecular complexity index is 338. The minimum Gasteiger partial charge on any atom is -0.250 e. The zero-order valence-electron chi connectivity index (χ0n) is 11.1. The van der Waals surface area contributed by atoms with E-state index in [0.717, 1.165) is 11.4 Å². The molecule has 1 rings (SSSR count). The zero-order chi connectivity index (χ0) is 13.1. The normalized spacial score (nSPS) is 11.8. The Morgan fingerprint density at radius 1 is 1.22 bits per heavy atom. The minimum absolute atomic E-state index is 1.08. The van der Waals surface area contributed by atoms with Crippen LogP contribution in [-0.2, 0) is 0 Å². The van der Waals surface area contributed by atoms with Crippen LogP contribution in [-0.4, -0.2) is 4.98 Å². The van der Waals surface area contributed by atoms with Crippen LogP contribution >= 0.6 is 27.7 Å². The monoisotopic (exact) mass is 327 g/mol. The maximum absolute atomic E-state index is 4.34. The van der Waals surface area contributed by atoms with Crippen molar-refractivity contribution in [2.75, 3.05) is 0 Å². The Morgan fingerprint density at radius 2 is 2.00 bits per heavy atom. The third-order valence-electron chi connectivity index (χ3n) is 2.77. The van der Waals surface area contributed by atoms with Crippen LogP contribution in [0.3, 0.4) is 0 Å². The van der Waals surface area contributed by atoms with Gasteiger partial charge in [0.25, 0.3) is 0 Å². The second-order valence-corrected chi connectivity index (χ2v) is 5.97. The summed E-state index contributed by atoms with van der Waals surface area (Å²) >= 11 is 5.22. The summed E-state index contributed by atoms with van der Waals surface area (Å²) < 4.78 is 0. The molecule has 0 aliphatic heterocycles. The average Bonchev–Trinajstić information content (AvgIpc) is 2.42. The van der Waals surface area contributed by atoms with E-state index in [-0.39, 0.29) is 0 Å². The van der Waals surface area contributed by atoms with Gasteiger partial charge in [0.05, 0.1) is 0 Å². The van der Waals surface area contributed by atoms with Crippen LogP contribution < -0.4 is 0 Å². The Morgan fingerprint density at radius 3 is 2.67 bits per heavy atom. The molecule has 0 aliphatic carbocycles. The first-order chi connectivity index (χ1) is 8.86. The lowest BCUT2D eigenvalue weighted by Gasteiger charge is -2.05. The Balaban J connectivity index is 2.19. The molecule has 1 aromatic heterocycles.